The average molecular weight is 247 g/mol. The zero-order valence-electron chi connectivity index (χ0n) is 10.8. The largest absolute Gasteiger partial charge is 0.480 e. The lowest BCUT2D eigenvalue weighted by atomic mass is 9.52. The Morgan fingerprint density at radius 2 is 1.72 bits per heavy atom. The maximum Gasteiger partial charge on any atom is 0.317 e. The van der Waals surface area contributed by atoms with Crippen molar-refractivity contribution in [3.05, 3.63) is 0 Å². The van der Waals surface area contributed by atoms with Gasteiger partial charge in [-0.05, 0) is 56.3 Å². The molecule has 98 valence electrons. The van der Waals surface area contributed by atoms with Gasteiger partial charge in [0, 0.05) is 5.54 Å². The van der Waals surface area contributed by atoms with E-state index in [2.05, 4.69) is 10.8 Å². The summed E-state index contributed by atoms with van der Waals surface area (Å²) in [5, 5.41) is 9.10. The normalized spacial score (nSPS) is 41.0. The Balaban J connectivity index is 1.84. The summed E-state index contributed by atoms with van der Waals surface area (Å²) in [5.74, 6) is 4.38. The Bertz CT molecular complexity index is 361. The smallest absolute Gasteiger partial charge is 0.317 e. The van der Waals surface area contributed by atoms with Gasteiger partial charge in [0.15, 0.2) is 0 Å². The molecular formula is C15H21NO2. The Labute approximate surface area is 109 Å². The highest BCUT2D eigenvalue weighted by Gasteiger charge is 2.53. The molecule has 1 N–H and O–H groups in total. The molecule has 0 aromatic rings. The first-order valence-corrected chi connectivity index (χ1v) is 7.01. The van der Waals surface area contributed by atoms with Gasteiger partial charge in [-0.2, -0.15) is 0 Å². The van der Waals surface area contributed by atoms with Crippen LogP contribution in [0, 0.1) is 30.1 Å². The van der Waals surface area contributed by atoms with E-state index in [4.69, 9.17) is 11.5 Å². The lowest BCUT2D eigenvalue weighted by Crippen LogP contribution is -2.61. The van der Waals surface area contributed by atoms with Crippen LogP contribution in [0.5, 0.6) is 0 Å². The van der Waals surface area contributed by atoms with Gasteiger partial charge in [0.05, 0.1) is 13.1 Å². The topological polar surface area (TPSA) is 40.5 Å². The van der Waals surface area contributed by atoms with E-state index in [1.54, 1.807) is 0 Å². The minimum atomic E-state index is -0.749. The third-order valence-corrected chi connectivity index (χ3v) is 5.29. The number of nitrogens with zero attached hydrogens (tertiary/aromatic N) is 1. The zero-order valence-corrected chi connectivity index (χ0v) is 10.8. The monoisotopic (exact) mass is 247 g/mol. The van der Waals surface area contributed by atoms with Crippen LogP contribution in [0.2, 0.25) is 0 Å². The highest BCUT2D eigenvalue weighted by Crippen LogP contribution is 2.57. The summed E-state index contributed by atoms with van der Waals surface area (Å²) in [6.45, 7) is 0.592. The lowest BCUT2D eigenvalue weighted by molar-refractivity contribution is -0.144. The van der Waals surface area contributed by atoms with Crippen LogP contribution in [0.25, 0.3) is 0 Å². The standard InChI is InChI=1S/C15H21NO2/c1-2-3-16(10-14(17)18)15-7-11-4-12(8-15)6-13(5-11)9-15/h1,11-13H,3-10H2,(H,17,18). The molecular weight excluding hydrogens is 226 g/mol. The molecule has 0 aromatic carbocycles. The van der Waals surface area contributed by atoms with E-state index in [0.29, 0.717) is 6.54 Å². The molecule has 0 aromatic heterocycles. The molecule has 0 radical (unpaired) electrons. The van der Waals surface area contributed by atoms with Crippen molar-refractivity contribution in [1.82, 2.24) is 4.90 Å². The number of carboxylic acids is 1. The van der Waals surface area contributed by atoms with E-state index >= 15 is 0 Å². The summed E-state index contributed by atoms with van der Waals surface area (Å²) < 4.78 is 0. The Morgan fingerprint density at radius 3 is 2.11 bits per heavy atom. The number of carbonyl (C=O) groups is 1. The molecule has 4 rings (SSSR count). The van der Waals surface area contributed by atoms with Crippen molar-refractivity contribution in [3.63, 3.8) is 0 Å². The van der Waals surface area contributed by atoms with Crippen LogP contribution in [0.1, 0.15) is 38.5 Å². The first kappa shape index (κ1) is 12.0. The number of rotatable bonds is 4. The number of aliphatic carboxylic acids is 1. The molecule has 0 heterocycles. The van der Waals surface area contributed by atoms with E-state index in [-0.39, 0.29) is 12.1 Å². The highest BCUT2D eigenvalue weighted by molar-refractivity contribution is 5.69. The Morgan fingerprint density at radius 1 is 1.22 bits per heavy atom. The van der Waals surface area contributed by atoms with Crippen molar-refractivity contribution in [2.24, 2.45) is 17.8 Å². The van der Waals surface area contributed by atoms with Crippen molar-refractivity contribution in [3.8, 4) is 12.3 Å². The highest BCUT2D eigenvalue weighted by atomic mass is 16.4. The molecule has 4 saturated carbocycles. The SMILES string of the molecule is C#CCN(CC(=O)O)C12CC3CC(CC(C3)C1)C2. The molecule has 3 heteroatoms. The van der Waals surface area contributed by atoms with Gasteiger partial charge >= 0.3 is 5.97 Å². The number of hydrogen-bond donors (Lipinski definition) is 1. The van der Waals surface area contributed by atoms with E-state index in [1.807, 2.05) is 0 Å². The van der Waals surface area contributed by atoms with E-state index in [9.17, 15) is 4.79 Å². The summed E-state index contributed by atoms with van der Waals surface area (Å²) in [6.07, 6.45) is 13.1. The molecule has 0 atom stereocenters. The van der Waals surface area contributed by atoms with Gasteiger partial charge in [0.2, 0.25) is 0 Å². The lowest BCUT2D eigenvalue weighted by Gasteiger charge is -2.60. The molecule has 0 saturated heterocycles. The number of terminal acetylenes is 1. The second-order valence-corrected chi connectivity index (χ2v) is 6.60. The van der Waals surface area contributed by atoms with Crippen molar-refractivity contribution in [2.75, 3.05) is 13.1 Å². The zero-order chi connectivity index (χ0) is 12.8. The molecule has 4 bridgehead atoms. The van der Waals surface area contributed by atoms with Crippen molar-refractivity contribution < 1.29 is 9.90 Å². The predicted octanol–water partition coefficient (Wildman–Crippen LogP) is 1.97. The molecule has 0 aliphatic heterocycles. The molecule has 0 spiro atoms. The number of hydrogen-bond acceptors (Lipinski definition) is 2. The molecule has 0 unspecified atom stereocenters. The second-order valence-electron chi connectivity index (χ2n) is 6.60. The minimum Gasteiger partial charge on any atom is -0.480 e. The fraction of sp³-hybridized carbons (Fsp3) is 0.800. The van der Waals surface area contributed by atoms with Gasteiger partial charge in [-0.1, -0.05) is 5.92 Å². The van der Waals surface area contributed by atoms with Crippen molar-refractivity contribution >= 4 is 5.97 Å². The predicted molar refractivity (Wildman–Crippen MR) is 68.9 cm³/mol. The van der Waals surface area contributed by atoms with Gasteiger partial charge in [0.25, 0.3) is 0 Å². The van der Waals surface area contributed by atoms with Crippen molar-refractivity contribution in [2.45, 2.75) is 44.1 Å². The van der Waals surface area contributed by atoms with Gasteiger partial charge in [-0.25, -0.2) is 0 Å². The average Bonchev–Trinajstić information content (AvgIpc) is 2.26. The maximum absolute atomic E-state index is 11.1. The van der Waals surface area contributed by atoms with Gasteiger partial charge in [-0.3, -0.25) is 9.69 Å². The van der Waals surface area contributed by atoms with E-state index in [0.717, 1.165) is 17.8 Å². The third-order valence-electron chi connectivity index (χ3n) is 5.29. The summed E-state index contributed by atoms with van der Waals surface area (Å²) in [4.78, 5) is 13.2. The quantitative estimate of drug-likeness (QED) is 0.772. The van der Waals surface area contributed by atoms with Crippen LogP contribution in [-0.2, 0) is 4.79 Å². The summed E-state index contributed by atoms with van der Waals surface area (Å²) in [6, 6.07) is 0. The van der Waals surface area contributed by atoms with E-state index < -0.39 is 5.97 Å². The summed E-state index contributed by atoms with van der Waals surface area (Å²) in [7, 11) is 0. The van der Waals surface area contributed by atoms with Crippen LogP contribution >= 0.6 is 0 Å². The molecule has 4 aliphatic carbocycles. The van der Waals surface area contributed by atoms with Crippen molar-refractivity contribution in [1.29, 1.82) is 0 Å². The maximum atomic E-state index is 11.1. The second kappa shape index (κ2) is 4.28. The molecule has 4 fully saturated rings. The minimum absolute atomic E-state index is 0.107. The van der Waals surface area contributed by atoms with Crippen LogP contribution in [0.15, 0.2) is 0 Å². The van der Waals surface area contributed by atoms with Crippen LogP contribution < -0.4 is 0 Å². The van der Waals surface area contributed by atoms with Gasteiger partial charge in [-0.15, -0.1) is 6.42 Å². The Hall–Kier alpha value is -1.01. The third kappa shape index (κ3) is 1.93. The molecule has 3 nitrogen and oxygen atoms in total. The number of carboxylic acid groups (broad SMARTS) is 1. The van der Waals surface area contributed by atoms with Crippen LogP contribution in [0.3, 0.4) is 0 Å². The summed E-state index contributed by atoms with van der Waals surface area (Å²) in [5.41, 5.74) is 0.111. The fourth-order valence-electron chi connectivity index (χ4n) is 5.12. The van der Waals surface area contributed by atoms with Gasteiger partial charge in [0.1, 0.15) is 0 Å². The fourth-order valence-corrected chi connectivity index (χ4v) is 5.12. The van der Waals surface area contributed by atoms with E-state index in [1.165, 1.54) is 38.5 Å². The molecule has 4 aliphatic rings. The summed E-state index contributed by atoms with van der Waals surface area (Å²) >= 11 is 0. The molecule has 0 amide bonds. The van der Waals surface area contributed by atoms with Crippen LogP contribution in [0.4, 0.5) is 0 Å². The van der Waals surface area contributed by atoms with Crippen LogP contribution in [-0.4, -0.2) is 34.6 Å². The Kier molecular flexibility index (Phi) is 2.86. The first-order valence-electron chi connectivity index (χ1n) is 7.01. The first-order chi connectivity index (χ1) is 8.61. The van der Waals surface area contributed by atoms with Gasteiger partial charge < -0.3 is 5.11 Å². The molecule has 18 heavy (non-hydrogen) atoms.